The van der Waals surface area contributed by atoms with E-state index in [0.717, 1.165) is 12.5 Å². The summed E-state index contributed by atoms with van der Waals surface area (Å²) in [7, 11) is 2.44. The van der Waals surface area contributed by atoms with Crippen molar-refractivity contribution in [1.29, 1.82) is 0 Å². The van der Waals surface area contributed by atoms with E-state index in [1.165, 1.54) is 140 Å². The van der Waals surface area contributed by atoms with Crippen molar-refractivity contribution >= 4 is 5.97 Å². The standard InChI is InChI=1S/C29H56NO2.HI/c1-3-4-5-6-7-8-9-10-11-12-13-14-15-16-17-23-29(31)32-26-27-21-20-25-30(2)24-19-18-22-28(27)30;/h27-28H,3-26H2,1-2H3;1H/q+1;/p-1/t27-,28+,30?;/m0./s1. The van der Waals surface area contributed by atoms with Gasteiger partial charge in [0.25, 0.3) is 0 Å². The van der Waals surface area contributed by atoms with Gasteiger partial charge in [-0.2, -0.15) is 0 Å². The molecule has 0 bridgehead atoms. The molecule has 4 heteroatoms. The maximum Gasteiger partial charge on any atom is 0.305 e. The smallest absolute Gasteiger partial charge is 0.305 e. The highest BCUT2D eigenvalue weighted by Crippen LogP contribution is 2.36. The lowest BCUT2D eigenvalue weighted by Crippen LogP contribution is -3.00. The van der Waals surface area contributed by atoms with Gasteiger partial charge in [-0.3, -0.25) is 4.79 Å². The number of nitrogens with zero attached hydrogens (tertiary/aromatic N) is 1. The SMILES string of the molecule is CCCCCCCCCCCCCCCCCC(=O)OC[C@@H]1CCC[N+]2(C)CCCC[C@H]12.[I-]. The zero-order valence-corrected chi connectivity index (χ0v) is 24.4. The lowest BCUT2D eigenvalue weighted by atomic mass is 9.82. The fourth-order valence-electron chi connectivity index (χ4n) is 6.34. The van der Waals surface area contributed by atoms with Crippen LogP contribution in [0.4, 0.5) is 0 Å². The molecule has 2 rings (SSSR count). The molecule has 0 spiro atoms. The number of halogens is 1. The van der Waals surface area contributed by atoms with Crippen molar-refractivity contribution in [2.75, 3.05) is 26.7 Å². The van der Waals surface area contributed by atoms with Crippen LogP contribution >= 0.6 is 0 Å². The van der Waals surface area contributed by atoms with Crippen LogP contribution in [0.15, 0.2) is 0 Å². The van der Waals surface area contributed by atoms with Gasteiger partial charge in [0.2, 0.25) is 0 Å². The number of piperidine rings is 2. The number of fused-ring (bicyclic) bond motifs is 1. The van der Waals surface area contributed by atoms with Gasteiger partial charge in [0.05, 0.1) is 32.8 Å². The monoisotopic (exact) mass is 577 g/mol. The highest BCUT2D eigenvalue weighted by Gasteiger charge is 2.43. The predicted molar refractivity (Wildman–Crippen MR) is 137 cm³/mol. The molecule has 0 radical (unpaired) electrons. The molecule has 1 unspecified atom stereocenters. The second kappa shape index (κ2) is 19.4. The van der Waals surface area contributed by atoms with E-state index in [1.807, 2.05) is 0 Å². The van der Waals surface area contributed by atoms with Gasteiger partial charge < -0.3 is 33.2 Å². The third-order valence-corrected chi connectivity index (χ3v) is 8.45. The van der Waals surface area contributed by atoms with Gasteiger partial charge in [0.15, 0.2) is 0 Å². The Hall–Kier alpha value is 0.160. The van der Waals surface area contributed by atoms with E-state index >= 15 is 0 Å². The minimum Gasteiger partial charge on any atom is -1.00 e. The van der Waals surface area contributed by atoms with Crippen molar-refractivity contribution in [3.8, 4) is 0 Å². The van der Waals surface area contributed by atoms with E-state index < -0.39 is 0 Å². The average molecular weight is 578 g/mol. The van der Waals surface area contributed by atoms with Gasteiger partial charge in [-0.15, -0.1) is 0 Å². The van der Waals surface area contributed by atoms with Crippen molar-refractivity contribution in [3.05, 3.63) is 0 Å². The highest BCUT2D eigenvalue weighted by molar-refractivity contribution is 5.69. The second-order valence-corrected chi connectivity index (χ2v) is 11.3. The number of hydrogen-bond donors (Lipinski definition) is 0. The number of carbonyl (C=O) groups excluding carboxylic acids is 1. The minimum atomic E-state index is 0. The average Bonchev–Trinajstić information content (AvgIpc) is 2.79. The Morgan fingerprint density at radius 3 is 1.82 bits per heavy atom. The predicted octanol–water partition coefficient (Wildman–Crippen LogP) is 5.20. The summed E-state index contributed by atoms with van der Waals surface area (Å²) in [4.78, 5) is 12.2. The summed E-state index contributed by atoms with van der Waals surface area (Å²) in [6, 6.07) is 0.732. The molecule has 0 aromatic carbocycles. The summed E-state index contributed by atoms with van der Waals surface area (Å²) in [5, 5.41) is 0. The molecule has 0 N–H and O–H groups in total. The summed E-state index contributed by atoms with van der Waals surface area (Å²) in [5.74, 6) is 0.648. The van der Waals surface area contributed by atoms with Crippen molar-refractivity contribution in [2.24, 2.45) is 5.92 Å². The van der Waals surface area contributed by atoms with Crippen LogP contribution < -0.4 is 24.0 Å². The third-order valence-electron chi connectivity index (χ3n) is 8.45. The molecule has 0 aliphatic carbocycles. The molecule has 33 heavy (non-hydrogen) atoms. The van der Waals surface area contributed by atoms with E-state index in [1.54, 1.807) is 0 Å². The van der Waals surface area contributed by atoms with Gasteiger partial charge in [-0.05, 0) is 32.1 Å². The summed E-state index contributed by atoms with van der Waals surface area (Å²) in [6.45, 7) is 5.62. The van der Waals surface area contributed by atoms with Crippen molar-refractivity contribution < 1.29 is 38.0 Å². The van der Waals surface area contributed by atoms with Gasteiger partial charge in [0.1, 0.15) is 0 Å². The summed E-state index contributed by atoms with van der Waals surface area (Å²) < 4.78 is 6.98. The molecule has 0 aromatic heterocycles. The maximum atomic E-state index is 12.2. The van der Waals surface area contributed by atoms with Crippen LogP contribution in [0.2, 0.25) is 0 Å². The molecule has 2 aliphatic rings. The van der Waals surface area contributed by atoms with E-state index in [0.29, 0.717) is 18.9 Å². The van der Waals surface area contributed by atoms with Crippen LogP contribution in [-0.4, -0.2) is 43.2 Å². The van der Waals surface area contributed by atoms with E-state index in [4.69, 9.17) is 4.74 Å². The van der Waals surface area contributed by atoms with Gasteiger partial charge in [-0.25, -0.2) is 0 Å². The second-order valence-electron chi connectivity index (χ2n) is 11.3. The molecule has 2 saturated heterocycles. The van der Waals surface area contributed by atoms with E-state index in [-0.39, 0.29) is 29.9 Å². The summed E-state index contributed by atoms with van der Waals surface area (Å²) >= 11 is 0. The Kier molecular flexibility index (Phi) is 18.3. The molecule has 3 nitrogen and oxygen atoms in total. The van der Waals surface area contributed by atoms with Crippen LogP contribution in [0.25, 0.3) is 0 Å². The minimum absolute atomic E-state index is 0. The maximum absolute atomic E-state index is 12.2. The number of ether oxygens (including phenoxy) is 1. The van der Waals surface area contributed by atoms with Crippen molar-refractivity contribution in [2.45, 2.75) is 148 Å². The number of hydrogen-bond acceptors (Lipinski definition) is 2. The van der Waals surface area contributed by atoms with Crippen LogP contribution in [0.5, 0.6) is 0 Å². The number of carbonyl (C=O) groups is 1. The Labute approximate surface area is 223 Å². The Morgan fingerprint density at radius 2 is 1.24 bits per heavy atom. The molecular weight excluding hydrogens is 521 g/mol. The molecule has 2 aliphatic heterocycles. The number of unbranched alkanes of at least 4 members (excludes halogenated alkanes) is 14. The zero-order valence-electron chi connectivity index (χ0n) is 22.3. The largest absolute Gasteiger partial charge is 1.00 e. The van der Waals surface area contributed by atoms with Gasteiger partial charge in [0, 0.05) is 18.8 Å². The Bertz CT molecular complexity index is 482. The molecule has 0 amide bonds. The highest BCUT2D eigenvalue weighted by atomic mass is 127. The van der Waals surface area contributed by atoms with Crippen LogP contribution in [0, 0.1) is 5.92 Å². The van der Waals surface area contributed by atoms with Crippen LogP contribution in [0.1, 0.15) is 142 Å². The first kappa shape index (κ1) is 31.2. The molecule has 2 fully saturated rings. The number of esters is 1. The molecular formula is C29H56INO2. The van der Waals surface area contributed by atoms with Crippen LogP contribution in [-0.2, 0) is 9.53 Å². The quantitative estimate of drug-likeness (QED) is 0.0969. The number of rotatable bonds is 18. The van der Waals surface area contributed by atoms with E-state index in [2.05, 4.69) is 14.0 Å². The van der Waals surface area contributed by atoms with Gasteiger partial charge >= 0.3 is 5.97 Å². The normalized spacial score (nSPS) is 24.7. The molecule has 3 atom stereocenters. The van der Waals surface area contributed by atoms with Gasteiger partial charge in [-0.1, -0.05) is 96.8 Å². The topological polar surface area (TPSA) is 26.3 Å². The van der Waals surface area contributed by atoms with Crippen molar-refractivity contribution in [1.82, 2.24) is 0 Å². The summed E-state index contributed by atoms with van der Waals surface area (Å²) in [5.41, 5.74) is 0. The first-order chi connectivity index (χ1) is 15.7. The lowest BCUT2D eigenvalue weighted by molar-refractivity contribution is -0.947. The first-order valence-corrected chi connectivity index (χ1v) is 14.7. The lowest BCUT2D eigenvalue weighted by Gasteiger charge is -2.51. The Morgan fingerprint density at radius 1 is 0.727 bits per heavy atom. The Balaban J connectivity index is 0.00000544. The van der Waals surface area contributed by atoms with E-state index in [9.17, 15) is 4.79 Å². The first-order valence-electron chi connectivity index (χ1n) is 14.7. The van der Waals surface area contributed by atoms with Crippen LogP contribution in [0.3, 0.4) is 0 Å². The van der Waals surface area contributed by atoms with Crippen molar-refractivity contribution in [3.63, 3.8) is 0 Å². The molecule has 0 aromatic rings. The molecule has 2 heterocycles. The third kappa shape index (κ3) is 13.2. The summed E-state index contributed by atoms with van der Waals surface area (Å²) in [6.07, 6.45) is 27.7. The number of quaternary nitrogens is 1. The molecule has 0 saturated carbocycles. The fraction of sp³-hybridized carbons (Fsp3) is 0.966. The zero-order chi connectivity index (χ0) is 22.9. The molecule has 196 valence electrons. The fourth-order valence-corrected chi connectivity index (χ4v) is 6.34.